The predicted octanol–water partition coefficient (Wildman–Crippen LogP) is 3.99. The number of methoxy groups -OCH3 is 1. The standard InChI is InChI=1S/C25H24N4O4S/c1-4-33-19-11-10-17(12-20(19)32-3)13-27-28-21(30)14-29-15-26-24-23(25(29)31)22(16(2)34-24)18-8-6-5-7-9-18/h5-13,15H,4,14H2,1-3H3,(H,28,30). The van der Waals surface area contributed by atoms with Crippen LogP contribution in [0, 0.1) is 6.92 Å². The molecule has 0 bridgehead atoms. The van der Waals surface area contributed by atoms with Crippen molar-refractivity contribution in [3.63, 3.8) is 0 Å². The van der Waals surface area contributed by atoms with E-state index in [0.29, 0.717) is 28.3 Å². The summed E-state index contributed by atoms with van der Waals surface area (Å²) in [6.07, 6.45) is 2.89. The molecule has 0 saturated carbocycles. The van der Waals surface area contributed by atoms with Crippen molar-refractivity contribution in [2.75, 3.05) is 13.7 Å². The number of benzene rings is 2. The molecule has 8 nitrogen and oxygen atoms in total. The summed E-state index contributed by atoms with van der Waals surface area (Å²) in [6, 6.07) is 15.0. The molecule has 1 amide bonds. The van der Waals surface area contributed by atoms with E-state index >= 15 is 0 Å². The predicted molar refractivity (Wildman–Crippen MR) is 134 cm³/mol. The van der Waals surface area contributed by atoms with Crippen molar-refractivity contribution in [2.45, 2.75) is 20.4 Å². The molecule has 0 aliphatic carbocycles. The maximum absolute atomic E-state index is 13.2. The van der Waals surface area contributed by atoms with E-state index in [1.807, 2.05) is 44.2 Å². The van der Waals surface area contributed by atoms with E-state index in [1.54, 1.807) is 25.3 Å². The Morgan fingerprint density at radius 3 is 2.74 bits per heavy atom. The lowest BCUT2D eigenvalue weighted by Gasteiger charge is -2.09. The highest BCUT2D eigenvalue weighted by Crippen LogP contribution is 2.35. The first-order valence-electron chi connectivity index (χ1n) is 10.7. The second-order valence-corrected chi connectivity index (χ2v) is 8.60. The van der Waals surface area contributed by atoms with Crippen LogP contribution in [-0.4, -0.2) is 35.4 Å². The van der Waals surface area contributed by atoms with E-state index in [2.05, 4.69) is 15.5 Å². The van der Waals surface area contributed by atoms with Gasteiger partial charge < -0.3 is 9.47 Å². The summed E-state index contributed by atoms with van der Waals surface area (Å²) in [4.78, 5) is 31.7. The van der Waals surface area contributed by atoms with E-state index < -0.39 is 5.91 Å². The fourth-order valence-electron chi connectivity index (χ4n) is 3.61. The largest absolute Gasteiger partial charge is 0.493 e. The number of rotatable bonds is 8. The van der Waals surface area contributed by atoms with Crippen molar-refractivity contribution in [3.05, 3.63) is 75.7 Å². The third-order valence-corrected chi connectivity index (χ3v) is 6.13. The van der Waals surface area contributed by atoms with Gasteiger partial charge >= 0.3 is 0 Å². The van der Waals surface area contributed by atoms with Gasteiger partial charge in [0.1, 0.15) is 11.4 Å². The number of nitrogens with one attached hydrogen (secondary N) is 1. The summed E-state index contributed by atoms with van der Waals surface area (Å²) >= 11 is 1.47. The topological polar surface area (TPSA) is 94.8 Å². The number of hydrazone groups is 1. The number of carbonyl (C=O) groups is 1. The molecule has 1 N–H and O–H groups in total. The summed E-state index contributed by atoms with van der Waals surface area (Å²) in [6.45, 7) is 4.19. The molecule has 0 aliphatic heterocycles. The Bertz CT molecular complexity index is 1410. The van der Waals surface area contributed by atoms with Crippen LogP contribution in [0.4, 0.5) is 0 Å². The van der Waals surface area contributed by atoms with Gasteiger partial charge in [-0.25, -0.2) is 10.4 Å². The summed E-state index contributed by atoms with van der Waals surface area (Å²) in [7, 11) is 1.56. The molecule has 4 aromatic rings. The molecule has 0 atom stereocenters. The number of hydrogen-bond donors (Lipinski definition) is 1. The second kappa shape index (κ2) is 10.3. The van der Waals surface area contributed by atoms with E-state index in [9.17, 15) is 9.59 Å². The molecule has 2 aromatic carbocycles. The zero-order valence-corrected chi connectivity index (χ0v) is 19.9. The van der Waals surface area contributed by atoms with Crippen LogP contribution in [0.1, 0.15) is 17.4 Å². The van der Waals surface area contributed by atoms with Gasteiger partial charge in [0.2, 0.25) is 0 Å². The van der Waals surface area contributed by atoms with Gasteiger partial charge in [-0.3, -0.25) is 14.2 Å². The van der Waals surface area contributed by atoms with Crippen LogP contribution in [0.2, 0.25) is 0 Å². The Kier molecular flexibility index (Phi) is 7.03. The third-order valence-electron chi connectivity index (χ3n) is 5.12. The molecular formula is C25H24N4O4S. The zero-order valence-electron chi connectivity index (χ0n) is 19.1. The lowest BCUT2D eigenvalue weighted by atomic mass is 10.0. The van der Waals surface area contributed by atoms with Gasteiger partial charge in [0, 0.05) is 10.4 Å². The summed E-state index contributed by atoms with van der Waals surface area (Å²) in [5.74, 6) is 0.765. The average Bonchev–Trinajstić information content (AvgIpc) is 3.19. The molecule has 2 heterocycles. The van der Waals surface area contributed by atoms with E-state index in [1.165, 1.54) is 28.4 Å². The maximum Gasteiger partial charge on any atom is 0.263 e. The van der Waals surface area contributed by atoms with Crippen molar-refractivity contribution in [1.82, 2.24) is 15.0 Å². The minimum Gasteiger partial charge on any atom is -0.493 e. The molecule has 4 rings (SSSR count). The normalized spacial score (nSPS) is 11.1. The van der Waals surface area contributed by atoms with E-state index in [4.69, 9.17) is 9.47 Å². The van der Waals surface area contributed by atoms with Gasteiger partial charge in [0.15, 0.2) is 11.5 Å². The molecule has 0 unspecified atom stereocenters. The van der Waals surface area contributed by atoms with Gasteiger partial charge in [0.05, 0.1) is 31.6 Å². The Morgan fingerprint density at radius 1 is 1.21 bits per heavy atom. The van der Waals surface area contributed by atoms with Gasteiger partial charge in [-0.05, 0) is 43.2 Å². The molecule has 34 heavy (non-hydrogen) atoms. The van der Waals surface area contributed by atoms with Crippen LogP contribution in [-0.2, 0) is 11.3 Å². The first kappa shape index (κ1) is 23.2. The first-order chi connectivity index (χ1) is 16.5. The average molecular weight is 477 g/mol. The second-order valence-electron chi connectivity index (χ2n) is 7.39. The minimum absolute atomic E-state index is 0.200. The maximum atomic E-state index is 13.2. The summed E-state index contributed by atoms with van der Waals surface area (Å²) < 4.78 is 12.1. The number of carbonyl (C=O) groups excluding carboxylic acids is 1. The smallest absolute Gasteiger partial charge is 0.263 e. The van der Waals surface area contributed by atoms with Crippen LogP contribution in [0.3, 0.4) is 0 Å². The van der Waals surface area contributed by atoms with Gasteiger partial charge in [-0.15, -0.1) is 11.3 Å². The number of aromatic nitrogens is 2. The molecule has 174 valence electrons. The van der Waals surface area contributed by atoms with Crippen molar-refractivity contribution in [1.29, 1.82) is 0 Å². The third kappa shape index (κ3) is 4.84. The van der Waals surface area contributed by atoms with Gasteiger partial charge in [0.25, 0.3) is 11.5 Å². The minimum atomic E-state index is -0.439. The lowest BCUT2D eigenvalue weighted by molar-refractivity contribution is -0.121. The molecule has 2 aromatic heterocycles. The van der Waals surface area contributed by atoms with Crippen LogP contribution < -0.4 is 20.5 Å². The lowest BCUT2D eigenvalue weighted by Crippen LogP contribution is -2.30. The first-order valence-corrected chi connectivity index (χ1v) is 11.5. The summed E-state index contributed by atoms with van der Waals surface area (Å²) in [5, 5.41) is 4.52. The van der Waals surface area contributed by atoms with Crippen molar-refractivity contribution >= 4 is 33.7 Å². The fourth-order valence-corrected chi connectivity index (χ4v) is 4.61. The Hall–Kier alpha value is -3.98. The van der Waals surface area contributed by atoms with Crippen LogP contribution in [0.15, 0.2) is 64.8 Å². The van der Waals surface area contributed by atoms with Crippen molar-refractivity contribution < 1.29 is 14.3 Å². The fraction of sp³-hybridized carbons (Fsp3) is 0.200. The number of fused-ring (bicyclic) bond motifs is 1. The van der Waals surface area contributed by atoms with Crippen LogP contribution in [0.25, 0.3) is 21.3 Å². The molecule has 0 radical (unpaired) electrons. The van der Waals surface area contributed by atoms with Crippen molar-refractivity contribution in [2.24, 2.45) is 5.10 Å². The van der Waals surface area contributed by atoms with Crippen molar-refractivity contribution in [3.8, 4) is 22.6 Å². The number of hydrogen-bond acceptors (Lipinski definition) is 7. The molecular weight excluding hydrogens is 452 g/mol. The Balaban J connectivity index is 1.51. The van der Waals surface area contributed by atoms with Crippen LogP contribution in [0.5, 0.6) is 11.5 Å². The molecule has 0 fully saturated rings. The number of thiophene rings is 1. The van der Waals surface area contributed by atoms with E-state index in [0.717, 1.165) is 21.6 Å². The van der Waals surface area contributed by atoms with Gasteiger partial charge in [-0.1, -0.05) is 30.3 Å². The highest BCUT2D eigenvalue weighted by molar-refractivity contribution is 7.19. The molecule has 0 spiro atoms. The number of nitrogens with zero attached hydrogens (tertiary/aromatic N) is 3. The van der Waals surface area contributed by atoms with Gasteiger partial charge in [-0.2, -0.15) is 5.10 Å². The molecule has 9 heteroatoms. The zero-order chi connectivity index (χ0) is 24.1. The SMILES string of the molecule is CCOc1ccc(C=NNC(=O)Cn2cnc3sc(C)c(-c4ccccc4)c3c2=O)cc1OC. The molecule has 0 aliphatic rings. The monoisotopic (exact) mass is 476 g/mol. The summed E-state index contributed by atoms with van der Waals surface area (Å²) in [5.41, 5.74) is 4.72. The molecule has 0 saturated heterocycles. The van der Waals surface area contributed by atoms with E-state index in [-0.39, 0.29) is 12.1 Å². The number of ether oxygens (including phenoxy) is 2. The number of amides is 1. The van der Waals surface area contributed by atoms with Crippen LogP contribution >= 0.6 is 11.3 Å². The highest BCUT2D eigenvalue weighted by Gasteiger charge is 2.17. The highest BCUT2D eigenvalue weighted by atomic mass is 32.1. The Morgan fingerprint density at radius 2 is 2.00 bits per heavy atom. The Labute approximate surface area is 200 Å². The number of aryl methyl sites for hydroxylation is 1. The quantitative estimate of drug-likeness (QED) is 0.307.